The molecule has 0 saturated carbocycles. The molecule has 1 aromatic rings. The molecule has 4 heteroatoms. The summed E-state index contributed by atoms with van der Waals surface area (Å²) in [5, 5.41) is 4.08. The first-order valence-corrected chi connectivity index (χ1v) is 8.31. The van der Waals surface area contributed by atoms with E-state index >= 15 is 0 Å². The van der Waals surface area contributed by atoms with Crippen molar-refractivity contribution in [3.63, 3.8) is 0 Å². The second kappa shape index (κ2) is 6.82. The predicted molar refractivity (Wildman–Crippen MR) is 82.6 cm³/mol. The van der Waals surface area contributed by atoms with Crippen molar-refractivity contribution in [1.82, 2.24) is 10.2 Å². The van der Waals surface area contributed by atoms with Crippen LogP contribution >= 0.6 is 11.8 Å². The van der Waals surface area contributed by atoms with Gasteiger partial charge in [0.15, 0.2) is 0 Å². The Kier molecular flexibility index (Phi) is 5.37. The molecule has 2 rings (SSSR count). The normalized spacial score (nSPS) is 24.8. The van der Waals surface area contributed by atoms with Crippen LogP contribution in [-0.4, -0.2) is 35.0 Å². The van der Waals surface area contributed by atoms with Crippen molar-refractivity contribution in [3.8, 4) is 0 Å². The molecule has 0 aliphatic carbocycles. The monoisotopic (exact) mass is 282 g/mol. The van der Waals surface area contributed by atoms with Gasteiger partial charge in [-0.05, 0) is 26.5 Å². The molecule has 0 bridgehead atoms. The zero-order valence-corrected chi connectivity index (χ0v) is 13.3. The molecule has 3 nitrogen and oxygen atoms in total. The average molecular weight is 282 g/mol. The van der Waals surface area contributed by atoms with E-state index in [0.717, 1.165) is 31.2 Å². The Labute approximate surface area is 121 Å². The van der Waals surface area contributed by atoms with Gasteiger partial charge in [-0.2, -0.15) is 11.8 Å². The van der Waals surface area contributed by atoms with Gasteiger partial charge < -0.3 is 9.73 Å². The van der Waals surface area contributed by atoms with E-state index in [0.29, 0.717) is 11.3 Å². The van der Waals surface area contributed by atoms with E-state index < -0.39 is 0 Å². The minimum atomic E-state index is 0.626. The molecule has 2 atom stereocenters. The fourth-order valence-electron chi connectivity index (χ4n) is 2.52. The lowest BCUT2D eigenvalue weighted by atomic mass is 10.2. The third-order valence-electron chi connectivity index (χ3n) is 4.01. The van der Waals surface area contributed by atoms with Crippen LogP contribution in [0.15, 0.2) is 10.5 Å². The molecule has 1 N–H and O–H groups in total. The summed E-state index contributed by atoms with van der Waals surface area (Å²) in [5.74, 6) is 3.40. The van der Waals surface area contributed by atoms with E-state index in [1.165, 1.54) is 17.9 Å². The van der Waals surface area contributed by atoms with Crippen LogP contribution in [0.2, 0.25) is 0 Å². The number of furan rings is 1. The van der Waals surface area contributed by atoms with Crippen LogP contribution in [0.4, 0.5) is 0 Å². The van der Waals surface area contributed by atoms with Crippen LogP contribution in [0.1, 0.15) is 37.9 Å². The average Bonchev–Trinajstić information content (AvgIpc) is 2.73. The molecule has 1 aliphatic rings. The third-order valence-corrected chi connectivity index (χ3v) is 5.35. The topological polar surface area (TPSA) is 28.4 Å². The van der Waals surface area contributed by atoms with Crippen molar-refractivity contribution in [1.29, 1.82) is 0 Å². The van der Waals surface area contributed by atoms with Gasteiger partial charge in [-0.3, -0.25) is 4.90 Å². The van der Waals surface area contributed by atoms with Crippen molar-refractivity contribution < 1.29 is 4.42 Å². The first-order valence-electron chi connectivity index (χ1n) is 7.26. The number of hydrogen-bond acceptors (Lipinski definition) is 4. The molecular weight excluding hydrogens is 256 g/mol. The van der Waals surface area contributed by atoms with Crippen LogP contribution in [0, 0.1) is 6.92 Å². The zero-order chi connectivity index (χ0) is 13.8. The van der Waals surface area contributed by atoms with Crippen LogP contribution < -0.4 is 5.32 Å². The molecule has 1 saturated heterocycles. The van der Waals surface area contributed by atoms with Gasteiger partial charge in [0, 0.05) is 35.7 Å². The highest BCUT2D eigenvalue weighted by Crippen LogP contribution is 2.26. The smallest absolute Gasteiger partial charge is 0.118 e. The maximum absolute atomic E-state index is 5.91. The van der Waals surface area contributed by atoms with Crippen LogP contribution in [0.5, 0.6) is 0 Å². The highest BCUT2D eigenvalue weighted by Gasteiger charge is 2.26. The summed E-state index contributed by atoms with van der Waals surface area (Å²) < 4.78 is 5.91. The van der Waals surface area contributed by atoms with Gasteiger partial charge in [-0.15, -0.1) is 0 Å². The van der Waals surface area contributed by atoms with Crippen LogP contribution in [0.3, 0.4) is 0 Å². The van der Waals surface area contributed by atoms with Crippen LogP contribution in [-0.2, 0) is 13.1 Å². The summed E-state index contributed by atoms with van der Waals surface area (Å²) in [4.78, 5) is 2.54. The van der Waals surface area contributed by atoms with E-state index in [1.807, 2.05) is 0 Å². The van der Waals surface area contributed by atoms with E-state index in [-0.39, 0.29) is 0 Å². The molecule has 1 aliphatic heterocycles. The van der Waals surface area contributed by atoms with Gasteiger partial charge in [-0.25, -0.2) is 0 Å². The predicted octanol–water partition coefficient (Wildman–Crippen LogP) is 3.02. The molecular formula is C15H26N2OS. The van der Waals surface area contributed by atoms with Gasteiger partial charge in [0.1, 0.15) is 11.5 Å². The number of thioether (sulfide) groups is 1. The lowest BCUT2D eigenvalue weighted by Crippen LogP contribution is -2.43. The van der Waals surface area contributed by atoms with Crippen molar-refractivity contribution in [2.24, 2.45) is 0 Å². The van der Waals surface area contributed by atoms with E-state index in [2.05, 4.69) is 55.7 Å². The Morgan fingerprint density at radius 2 is 2.26 bits per heavy atom. The third kappa shape index (κ3) is 3.77. The van der Waals surface area contributed by atoms with Gasteiger partial charge in [0.05, 0.1) is 6.54 Å². The summed E-state index contributed by atoms with van der Waals surface area (Å²) >= 11 is 2.08. The van der Waals surface area contributed by atoms with Crippen LogP contribution in [0.25, 0.3) is 0 Å². The highest BCUT2D eigenvalue weighted by molar-refractivity contribution is 8.00. The lowest BCUT2D eigenvalue weighted by molar-refractivity contribution is 0.188. The second-order valence-corrected chi connectivity index (χ2v) is 6.85. The SMILES string of the molecule is CCNCc1cc(CN2CCSC(C)C2C)oc1C. The van der Waals surface area contributed by atoms with E-state index in [1.54, 1.807) is 0 Å². The minimum absolute atomic E-state index is 0.626. The van der Waals surface area contributed by atoms with Crippen molar-refractivity contribution in [3.05, 3.63) is 23.2 Å². The van der Waals surface area contributed by atoms with Gasteiger partial charge in [-0.1, -0.05) is 13.8 Å². The molecule has 108 valence electrons. The molecule has 1 aromatic heterocycles. The molecule has 0 aromatic carbocycles. The fourth-order valence-corrected chi connectivity index (χ4v) is 3.68. The van der Waals surface area contributed by atoms with Crippen molar-refractivity contribution in [2.75, 3.05) is 18.8 Å². The summed E-state index contributed by atoms with van der Waals surface area (Å²) in [5.41, 5.74) is 1.30. The van der Waals surface area contributed by atoms with E-state index in [4.69, 9.17) is 4.42 Å². The molecule has 2 heterocycles. The summed E-state index contributed by atoms with van der Waals surface area (Å²) in [6.07, 6.45) is 0. The number of aryl methyl sites for hydroxylation is 1. The zero-order valence-electron chi connectivity index (χ0n) is 12.5. The number of nitrogens with one attached hydrogen (secondary N) is 1. The van der Waals surface area contributed by atoms with Crippen molar-refractivity contribution >= 4 is 11.8 Å². The molecule has 19 heavy (non-hydrogen) atoms. The first kappa shape index (κ1) is 14.9. The summed E-state index contributed by atoms with van der Waals surface area (Å²) in [7, 11) is 0. The molecule has 0 radical (unpaired) electrons. The van der Waals surface area contributed by atoms with Gasteiger partial charge in [0.25, 0.3) is 0 Å². The van der Waals surface area contributed by atoms with Gasteiger partial charge >= 0.3 is 0 Å². The molecule has 0 amide bonds. The standard InChI is InChI=1S/C15H26N2OS/c1-5-16-9-14-8-15(18-12(14)3)10-17-6-7-19-13(4)11(17)2/h8,11,13,16H,5-7,9-10H2,1-4H3. The maximum atomic E-state index is 5.91. The van der Waals surface area contributed by atoms with E-state index in [9.17, 15) is 0 Å². The minimum Gasteiger partial charge on any atom is -0.465 e. The molecule has 1 fully saturated rings. The van der Waals surface area contributed by atoms with Crippen molar-refractivity contribution in [2.45, 2.75) is 52.1 Å². The Balaban J connectivity index is 1.98. The Bertz CT molecular complexity index is 405. The Morgan fingerprint density at radius 3 is 3.00 bits per heavy atom. The maximum Gasteiger partial charge on any atom is 0.118 e. The number of rotatable bonds is 5. The first-order chi connectivity index (χ1) is 9.11. The van der Waals surface area contributed by atoms with Gasteiger partial charge in [0.2, 0.25) is 0 Å². The highest BCUT2D eigenvalue weighted by atomic mass is 32.2. The summed E-state index contributed by atoms with van der Waals surface area (Å²) in [6, 6.07) is 2.85. The molecule has 2 unspecified atom stereocenters. The second-order valence-electron chi connectivity index (χ2n) is 5.36. The number of hydrogen-bond donors (Lipinski definition) is 1. The quantitative estimate of drug-likeness (QED) is 0.898. The Morgan fingerprint density at radius 1 is 1.47 bits per heavy atom. The fraction of sp³-hybridized carbons (Fsp3) is 0.733. The Hall–Kier alpha value is -0.450. The lowest BCUT2D eigenvalue weighted by Gasteiger charge is -2.36. The largest absolute Gasteiger partial charge is 0.465 e. The number of nitrogens with zero attached hydrogens (tertiary/aromatic N) is 1. The molecule has 0 spiro atoms. The summed E-state index contributed by atoms with van der Waals surface area (Å²) in [6.45, 7) is 12.9.